The van der Waals surface area contributed by atoms with Crippen LogP contribution in [0.5, 0.6) is 0 Å². The summed E-state index contributed by atoms with van der Waals surface area (Å²) in [6.45, 7) is 14.4. The minimum atomic E-state index is 0.575. The van der Waals surface area contributed by atoms with Crippen LogP contribution < -0.4 is 0 Å². The second-order valence-corrected chi connectivity index (χ2v) is 3.34. The molecule has 0 aromatic rings. The summed E-state index contributed by atoms with van der Waals surface area (Å²) in [5, 5.41) is 0. The molecule has 0 aromatic heterocycles. The summed E-state index contributed by atoms with van der Waals surface area (Å²) in [6.07, 6.45) is 6.99. The monoisotopic (exact) mass is 164 g/mol. The Morgan fingerprint density at radius 3 is 2.42 bits per heavy atom. The van der Waals surface area contributed by atoms with Crippen molar-refractivity contribution in [2.75, 3.05) is 0 Å². The van der Waals surface area contributed by atoms with Crippen LogP contribution in [0.25, 0.3) is 0 Å². The molecule has 0 N–H and O–H groups in total. The van der Waals surface area contributed by atoms with Gasteiger partial charge in [0.2, 0.25) is 0 Å². The first kappa shape index (κ1) is 11.2. The van der Waals surface area contributed by atoms with Gasteiger partial charge in [0.25, 0.3) is 0 Å². The Hall–Kier alpha value is -0.780. The third-order valence-electron chi connectivity index (χ3n) is 2.53. The van der Waals surface area contributed by atoms with Crippen molar-refractivity contribution >= 4 is 0 Å². The van der Waals surface area contributed by atoms with E-state index in [1.165, 1.54) is 12.0 Å². The first-order chi connectivity index (χ1) is 5.63. The van der Waals surface area contributed by atoms with Crippen molar-refractivity contribution in [2.24, 2.45) is 11.8 Å². The molecule has 0 saturated heterocycles. The number of rotatable bonds is 5. The lowest BCUT2D eigenvalue weighted by Crippen LogP contribution is -2.07. The van der Waals surface area contributed by atoms with Gasteiger partial charge in [-0.25, -0.2) is 0 Å². The smallest absolute Gasteiger partial charge is 0.0171 e. The van der Waals surface area contributed by atoms with Crippen molar-refractivity contribution in [3.05, 3.63) is 37.0 Å². The van der Waals surface area contributed by atoms with E-state index in [9.17, 15) is 0 Å². The van der Waals surface area contributed by atoms with Crippen molar-refractivity contribution in [1.82, 2.24) is 0 Å². The van der Waals surface area contributed by atoms with Gasteiger partial charge < -0.3 is 0 Å². The summed E-state index contributed by atoms with van der Waals surface area (Å²) in [5.41, 5.74) is 1.20. The first-order valence-electron chi connectivity index (χ1n) is 4.61. The van der Waals surface area contributed by atoms with Gasteiger partial charge in [-0.2, -0.15) is 0 Å². The highest BCUT2D eigenvalue weighted by Gasteiger charge is 2.10. The fourth-order valence-corrected chi connectivity index (χ4v) is 1.06. The van der Waals surface area contributed by atoms with Gasteiger partial charge in [-0.1, -0.05) is 64.2 Å². The maximum atomic E-state index is 4.03. The Balaban J connectivity index is 4.09. The molecule has 68 valence electrons. The van der Waals surface area contributed by atoms with Gasteiger partial charge in [0.1, 0.15) is 0 Å². The number of hydrogen-bond acceptors (Lipinski definition) is 0. The minimum Gasteiger partial charge on any atom is -0.0991 e. The third-order valence-corrected chi connectivity index (χ3v) is 2.53. The molecule has 0 amide bonds. The molecule has 2 atom stereocenters. The fraction of sp³-hybridized carbons (Fsp3) is 0.500. The predicted octanol–water partition coefficient (Wildman–Crippen LogP) is 3.97. The third kappa shape index (κ3) is 3.56. The van der Waals surface area contributed by atoms with Gasteiger partial charge in [-0.3, -0.25) is 0 Å². The summed E-state index contributed by atoms with van der Waals surface area (Å²) in [7, 11) is 0. The SMILES string of the molecule is C=C/C=C\C(=C)C(C)C(C)CC. The van der Waals surface area contributed by atoms with E-state index in [1.54, 1.807) is 6.08 Å². The lowest BCUT2D eigenvalue weighted by molar-refractivity contribution is 0.434. The van der Waals surface area contributed by atoms with Crippen LogP contribution in [0.1, 0.15) is 27.2 Å². The van der Waals surface area contributed by atoms with Crippen LogP contribution in [-0.2, 0) is 0 Å². The second kappa shape index (κ2) is 5.82. The van der Waals surface area contributed by atoms with Gasteiger partial charge >= 0.3 is 0 Å². The van der Waals surface area contributed by atoms with Crippen LogP contribution in [0.15, 0.2) is 37.0 Å². The van der Waals surface area contributed by atoms with Crippen molar-refractivity contribution < 1.29 is 0 Å². The standard InChI is InChI=1S/C12H20/c1-6-8-9-11(4)12(5)10(3)7-2/h6,8-10,12H,1,4,7H2,2-3,5H3/b9-8-. The van der Waals surface area contributed by atoms with E-state index in [1.807, 2.05) is 12.2 Å². The molecule has 0 radical (unpaired) electrons. The molecular weight excluding hydrogens is 144 g/mol. The Bertz CT molecular complexity index is 174. The van der Waals surface area contributed by atoms with Gasteiger partial charge in [0.15, 0.2) is 0 Å². The summed E-state index contributed by atoms with van der Waals surface area (Å²) in [6, 6.07) is 0. The van der Waals surface area contributed by atoms with E-state index in [0.717, 1.165) is 0 Å². The van der Waals surface area contributed by atoms with Crippen LogP contribution >= 0.6 is 0 Å². The average molecular weight is 164 g/mol. The molecule has 0 aromatic carbocycles. The number of hydrogen-bond donors (Lipinski definition) is 0. The molecule has 0 nitrogen and oxygen atoms in total. The molecular formula is C12H20. The molecule has 0 bridgehead atoms. The van der Waals surface area contributed by atoms with Crippen LogP contribution in [0.3, 0.4) is 0 Å². The van der Waals surface area contributed by atoms with E-state index in [2.05, 4.69) is 33.9 Å². The normalized spacial score (nSPS) is 15.9. The van der Waals surface area contributed by atoms with Gasteiger partial charge in [0.05, 0.1) is 0 Å². The lowest BCUT2D eigenvalue weighted by atomic mass is 9.87. The topological polar surface area (TPSA) is 0 Å². The largest absolute Gasteiger partial charge is 0.0991 e. The summed E-state index contributed by atoms with van der Waals surface area (Å²) < 4.78 is 0. The molecule has 0 fully saturated rings. The number of allylic oxidation sites excluding steroid dienone is 4. The molecule has 2 unspecified atom stereocenters. The second-order valence-electron chi connectivity index (χ2n) is 3.34. The Morgan fingerprint density at radius 2 is 2.00 bits per heavy atom. The fourth-order valence-electron chi connectivity index (χ4n) is 1.06. The predicted molar refractivity (Wildman–Crippen MR) is 57.1 cm³/mol. The molecule has 0 heteroatoms. The minimum absolute atomic E-state index is 0.575. The molecule has 0 aliphatic rings. The van der Waals surface area contributed by atoms with Crippen molar-refractivity contribution in [3.8, 4) is 0 Å². The van der Waals surface area contributed by atoms with Gasteiger partial charge in [-0.15, -0.1) is 0 Å². The molecule has 0 heterocycles. The van der Waals surface area contributed by atoms with E-state index in [0.29, 0.717) is 11.8 Å². The van der Waals surface area contributed by atoms with Crippen LogP contribution in [0.4, 0.5) is 0 Å². The van der Waals surface area contributed by atoms with Crippen molar-refractivity contribution in [1.29, 1.82) is 0 Å². The summed E-state index contributed by atoms with van der Waals surface area (Å²) >= 11 is 0. The highest BCUT2D eigenvalue weighted by molar-refractivity contribution is 5.20. The van der Waals surface area contributed by atoms with Gasteiger partial charge in [0, 0.05) is 0 Å². The van der Waals surface area contributed by atoms with E-state index < -0.39 is 0 Å². The molecule has 0 aliphatic heterocycles. The van der Waals surface area contributed by atoms with Crippen LogP contribution in [0.2, 0.25) is 0 Å². The van der Waals surface area contributed by atoms with E-state index in [4.69, 9.17) is 0 Å². The Kier molecular flexibility index (Phi) is 5.44. The zero-order chi connectivity index (χ0) is 9.56. The molecule has 0 aliphatic carbocycles. The zero-order valence-corrected chi connectivity index (χ0v) is 8.51. The molecule has 0 spiro atoms. The summed E-state index contributed by atoms with van der Waals surface area (Å²) in [5.74, 6) is 1.29. The molecule has 0 saturated carbocycles. The van der Waals surface area contributed by atoms with E-state index in [-0.39, 0.29) is 0 Å². The highest BCUT2D eigenvalue weighted by Crippen LogP contribution is 2.22. The van der Waals surface area contributed by atoms with Crippen LogP contribution in [0, 0.1) is 11.8 Å². The maximum Gasteiger partial charge on any atom is -0.0171 e. The molecule has 0 rings (SSSR count). The highest BCUT2D eigenvalue weighted by atomic mass is 14.2. The van der Waals surface area contributed by atoms with Crippen LogP contribution in [-0.4, -0.2) is 0 Å². The average Bonchev–Trinajstić information content (AvgIpc) is 2.11. The van der Waals surface area contributed by atoms with E-state index >= 15 is 0 Å². The molecule has 12 heavy (non-hydrogen) atoms. The lowest BCUT2D eigenvalue weighted by Gasteiger charge is -2.18. The van der Waals surface area contributed by atoms with Crippen molar-refractivity contribution in [2.45, 2.75) is 27.2 Å². The maximum absolute atomic E-state index is 4.03. The first-order valence-corrected chi connectivity index (χ1v) is 4.61. The Labute approximate surface area is 76.7 Å². The van der Waals surface area contributed by atoms with Gasteiger partial charge in [-0.05, 0) is 11.8 Å². The summed E-state index contributed by atoms with van der Waals surface area (Å²) in [4.78, 5) is 0. The van der Waals surface area contributed by atoms with Crippen molar-refractivity contribution in [3.63, 3.8) is 0 Å². The Morgan fingerprint density at radius 1 is 1.42 bits per heavy atom. The quantitative estimate of drug-likeness (QED) is 0.539. The zero-order valence-electron chi connectivity index (χ0n) is 8.51.